The molecule has 0 saturated carbocycles. The Kier molecular flexibility index (Phi) is 7.66. The summed E-state index contributed by atoms with van der Waals surface area (Å²) in [5, 5.41) is 17.3. The predicted octanol–water partition coefficient (Wildman–Crippen LogP) is 1.92. The molecule has 0 heterocycles. The first-order valence-electron chi connectivity index (χ1n) is 5.58. The quantitative estimate of drug-likeness (QED) is 0.413. The van der Waals surface area contributed by atoms with Gasteiger partial charge < -0.3 is 10.2 Å². The highest BCUT2D eigenvalue weighted by Gasteiger charge is 2.42. The molecule has 0 aromatic rings. The molecule has 0 aromatic carbocycles. The van der Waals surface area contributed by atoms with Crippen LogP contribution >= 0.6 is 8.25 Å². The van der Waals surface area contributed by atoms with Gasteiger partial charge >= 0.3 is 20.2 Å². The van der Waals surface area contributed by atoms with Crippen molar-refractivity contribution < 1.29 is 33.8 Å². The van der Waals surface area contributed by atoms with Gasteiger partial charge in [-0.15, -0.1) is 9.42 Å². The van der Waals surface area contributed by atoms with Crippen LogP contribution in [-0.2, 0) is 18.7 Å². The number of hydrogen-bond acceptors (Lipinski definition) is 4. The molecule has 0 aliphatic carbocycles. The second-order valence-electron chi connectivity index (χ2n) is 4.17. The van der Waals surface area contributed by atoms with E-state index in [-0.39, 0.29) is 12.8 Å². The zero-order valence-corrected chi connectivity index (χ0v) is 11.1. The zero-order chi connectivity index (χ0) is 14.2. The fraction of sp³-hybridized carbons (Fsp3) is 0.800. The summed E-state index contributed by atoms with van der Waals surface area (Å²) < 4.78 is 15.0. The average molecular weight is 281 g/mol. The topological polar surface area (TPSA) is 121 Å². The van der Waals surface area contributed by atoms with E-state index in [1.54, 1.807) is 0 Å². The monoisotopic (exact) mass is 281 g/mol. The molecule has 104 valence electrons. The molecule has 0 aliphatic heterocycles. The molecule has 0 radical (unpaired) electrons. The largest absolute Gasteiger partial charge is 0.695 e. The Balaban J connectivity index is 3.95. The molecule has 3 N–H and O–H groups in total. The SMILES string of the molecule is CC(CCCCCCC(=O)O)(O[P+](=O)O)C(=O)O. The number of carboxylic acids is 2. The Morgan fingerprint density at radius 1 is 1.17 bits per heavy atom. The van der Waals surface area contributed by atoms with Crippen molar-refractivity contribution in [2.75, 3.05) is 0 Å². The maximum absolute atomic E-state index is 10.9. The lowest BCUT2D eigenvalue weighted by Crippen LogP contribution is -2.36. The molecule has 0 aliphatic rings. The second kappa shape index (κ2) is 8.13. The third-order valence-electron chi connectivity index (χ3n) is 2.53. The van der Waals surface area contributed by atoms with Crippen molar-refractivity contribution in [2.24, 2.45) is 0 Å². The Hall–Kier alpha value is -1.04. The van der Waals surface area contributed by atoms with Crippen molar-refractivity contribution in [3.8, 4) is 0 Å². The molecule has 8 heteroatoms. The minimum absolute atomic E-state index is 0.0925. The van der Waals surface area contributed by atoms with Gasteiger partial charge in [-0.25, -0.2) is 4.79 Å². The fourth-order valence-corrected chi connectivity index (χ4v) is 1.97. The third kappa shape index (κ3) is 7.32. The van der Waals surface area contributed by atoms with E-state index < -0.39 is 25.8 Å². The molecule has 0 fully saturated rings. The van der Waals surface area contributed by atoms with Crippen LogP contribution < -0.4 is 0 Å². The lowest BCUT2D eigenvalue weighted by Gasteiger charge is -2.16. The van der Waals surface area contributed by atoms with E-state index in [9.17, 15) is 14.2 Å². The van der Waals surface area contributed by atoms with E-state index in [1.807, 2.05) is 0 Å². The van der Waals surface area contributed by atoms with Crippen molar-refractivity contribution in [1.82, 2.24) is 0 Å². The molecule has 2 atom stereocenters. The van der Waals surface area contributed by atoms with Gasteiger partial charge in [0.25, 0.3) is 0 Å². The molecule has 7 nitrogen and oxygen atoms in total. The van der Waals surface area contributed by atoms with Crippen molar-refractivity contribution >= 4 is 20.2 Å². The highest BCUT2D eigenvalue weighted by molar-refractivity contribution is 7.32. The molecule has 0 rings (SSSR count). The fourth-order valence-electron chi connectivity index (χ4n) is 1.46. The number of hydrogen-bond donors (Lipinski definition) is 3. The predicted molar refractivity (Wildman–Crippen MR) is 62.3 cm³/mol. The summed E-state index contributed by atoms with van der Waals surface area (Å²) in [6.07, 6.45) is 2.56. The normalized spacial score (nSPS) is 14.9. The van der Waals surface area contributed by atoms with Crippen LogP contribution in [0.2, 0.25) is 0 Å². The summed E-state index contributed by atoms with van der Waals surface area (Å²) >= 11 is 0. The van der Waals surface area contributed by atoms with E-state index in [1.165, 1.54) is 6.92 Å². The van der Waals surface area contributed by atoms with Crippen LogP contribution in [0.15, 0.2) is 0 Å². The molecule has 0 saturated heterocycles. The maximum atomic E-state index is 10.9. The number of carboxylic acid groups (broad SMARTS) is 2. The number of carbonyl (C=O) groups is 2. The van der Waals surface area contributed by atoms with Gasteiger partial charge in [0, 0.05) is 11.0 Å². The van der Waals surface area contributed by atoms with Crippen molar-refractivity contribution in [3.05, 3.63) is 0 Å². The first-order chi connectivity index (χ1) is 8.28. The summed E-state index contributed by atoms with van der Waals surface area (Å²) in [7, 11) is -2.97. The number of rotatable bonds is 10. The van der Waals surface area contributed by atoms with Crippen LogP contribution in [0.4, 0.5) is 0 Å². The van der Waals surface area contributed by atoms with Crippen LogP contribution in [0.3, 0.4) is 0 Å². The molecular formula is C10H18O7P+. The summed E-state index contributed by atoms with van der Waals surface area (Å²) in [4.78, 5) is 29.8. The molecule has 0 bridgehead atoms. The molecule has 0 aromatic heterocycles. The summed E-state index contributed by atoms with van der Waals surface area (Å²) in [5.74, 6) is -2.14. The Labute approximate surface area is 106 Å². The first kappa shape index (κ1) is 17.0. The first-order valence-corrected chi connectivity index (χ1v) is 6.71. The van der Waals surface area contributed by atoms with Crippen molar-refractivity contribution in [1.29, 1.82) is 0 Å². The summed E-state index contributed by atoms with van der Waals surface area (Å²) in [5.41, 5.74) is -1.67. The van der Waals surface area contributed by atoms with Gasteiger partial charge in [0.2, 0.25) is 5.60 Å². The molecular weight excluding hydrogens is 263 g/mol. The van der Waals surface area contributed by atoms with Gasteiger partial charge in [-0.2, -0.15) is 0 Å². The Morgan fingerprint density at radius 3 is 2.17 bits per heavy atom. The van der Waals surface area contributed by atoms with Crippen LogP contribution in [-0.4, -0.2) is 32.6 Å². The van der Waals surface area contributed by atoms with Gasteiger partial charge in [0.1, 0.15) is 0 Å². The van der Waals surface area contributed by atoms with E-state index in [0.717, 1.165) is 0 Å². The molecule has 18 heavy (non-hydrogen) atoms. The van der Waals surface area contributed by atoms with Gasteiger partial charge in [0.15, 0.2) is 0 Å². The summed E-state index contributed by atoms with van der Waals surface area (Å²) in [6, 6.07) is 0. The van der Waals surface area contributed by atoms with Crippen LogP contribution in [0, 0.1) is 0 Å². The van der Waals surface area contributed by atoms with E-state index >= 15 is 0 Å². The molecule has 0 amide bonds. The zero-order valence-electron chi connectivity index (χ0n) is 10.2. The van der Waals surface area contributed by atoms with Crippen LogP contribution in [0.25, 0.3) is 0 Å². The van der Waals surface area contributed by atoms with E-state index in [4.69, 9.17) is 15.1 Å². The second-order valence-corrected chi connectivity index (χ2v) is 4.83. The van der Waals surface area contributed by atoms with Crippen LogP contribution in [0.5, 0.6) is 0 Å². The highest BCUT2D eigenvalue weighted by Crippen LogP contribution is 2.30. The van der Waals surface area contributed by atoms with Crippen molar-refractivity contribution in [3.63, 3.8) is 0 Å². The van der Waals surface area contributed by atoms with Gasteiger partial charge in [-0.3, -0.25) is 4.79 Å². The smallest absolute Gasteiger partial charge is 0.481 e. The maximum Gasteiger partial charge on any atom is 0.695 e. The van der Waals surface area contributed by atoms with E-state index in [2.05, 4.69) is 4.52 Å². The van der Waals surface area contributed by atoms with Gasteiger partial charge in [0.05, 0.1) is 0 Å². The molecule has 2 unspecified atom stereocenters. The van der Waals surface area contributed by atoms with Gasteiger partial charge in [-0.1, -0.05) is 12.8 Å². The third-order valence-corrected chi connectivity index (χ3v) is 3.09. The summed E-state index contributed by atoms with van der Waals surface area (Å²) in [6.45, 7) is 1.25. The Morgan fingerprint density at radius 2 is 1.72 bits per heavy atom. The van der Waals surface area contributed by atoms with Crippen molar-refractivity contribution in [2.45, 2.75) is 51.0 Å². The minimum Gasteiger partial charge on any atom is -0.481 e. The van der Waals surface area contributed by atoms with Crippen LogP contribution in [0.1, 0.15) is 45.4 Å². The minimum atomic E-state index is -2.97. The highest BCUT2D eigenvalue weighted by atomic mass is 31.1. The standard InChI is InChI=1S/C10H17O7P/c1-10(9(13)14,17-18(15)16)7-5-3-2-4-6-8(11)12/h2-7H2,1H3,(H2-,11,12,13,14,15,16)/p+1. The lowest BCUT2D eigenvalue weighted by molar-refractivity contribution is -0.154. The van der Waals surface area contributed by atoms with E-state index in [0.29, 0.717) is 25.7 Å². The number of aliphatic carboxylic acids is 2. The molecule has 0 spiro atoms. The van der Waals surface area contributed by atoms with Gasteiger partial charge in [-0.05, 0) is 26.2 Å². The number of unbranched alkanes of at least 4 members (excludes halogenated alkanes) is 3. The average Bonchev–Trinajstić information content (AvgIpc) is 2.21. The Bertz CT molecular complexity index is 317. The lowest BCUT2D eigenvalue weighted by atomic mass is 9.98.